The Morgan fingerprint density at radius 2 is 2.05 bits per heavy atom. The van der Waals surface area contributed by atoms with Crippen molar-refractivity contribution < 1.29 is 4.39 Å². The van der Waals surface area contributed by atoms with Gasteiger partial charge < -0.3 is 10.3 Å². The van der Waals surface area contributed by atoms with Crippen LogP contribution in [-0.2, 0) is 6.54 Å². The molecule has 2 N–H and O–H groups in total. The summed E-state index contributed by atoms with van der Waals surface area (Å²) in [5.41, 5.74) is 3.00. The molecule has 1 heterocycles. The van der Waals surface area contributed by atoms with Gasteiger partial charge in [0.15, 0.2) is 0 Å². The maximum absolute atomic E-state index is 13.0. The zero-order chi connectivity index (χ0) is 14.1. The predicted octanol–water partition coefficient (Wildman–Crippen LogP) is 5.34. The Morgan fingerprint density at radius 3 is 2.85 bits per heavy atom. The summed E-state index contributed by atoms with van der Waals surface area (Å²) in [6.45, 7) is 0.645. The summed E-state index contributed by atoms with van der Waals surface area (Å²) in [6.07, 6.45) is 1.95. The van der Waals surface area contributed by atoms with Gasteiger partial charge in [-0.25, -0.2) is 4.39 Å². The first-order valence-corrected chi connectivity index (χ1v) is 7.25. The first-order chi connectivity index (χ1) is 9.63. The van der Waals surface area contributed by atoms with Gasteiger partial charge in [-0.05, 0) is 51.8 Å². The molecule has 3 rings (SSSR count). The largest absolute Gasteiger partial charge is 0.380 e. The van der Waals surface area contributed by atoms with Gasteiger partial charge in [-0.3, -0.25) is 0 Å². The highest BCUT2D eigenvalue weighted by molar-refractivity contribution is 9.10. The summed E-state index contributed by atoms with van der Waals surface area (Å²) in [7, 11) is 0. The average molecular weight is 354 g/mol. The highest BCUT2D eigenvalue weighted by Gasteiger charge is 2.06. The van der Waals surface area contributed by atoms with Gasteiger partial charge in [-0.15, -0.1) is 0 Å². The molecule has 20 heavy (non-hydrogen) atoms. The molecule has 0 aliphatic rings. The van der Waals surface area contributed by atoms with E-state index in [1.54, 1.807) is 6.07 Å². The van der Waals surface area contributed by atoms with Crippen LogP contribution in [0.2, 0.25) is 5.02 Å². The van der Waals surface area contributed by atoms with Crippen LogP contribution in [0, 0.1) is 5.82 Å². The van der Waals surface area contributed by atoms with Crippen molar-refractivity contribution in [1.82, 2.24) is 4.98 Å². The van der Waals surface area contributed by atoms with Gasteiger partial charge in [-0.2, -0.15) is 0 Å². The van der Waals surface area contributed by atoms with E-state index < -0.39 is 0 Å². The second kappa shape index (κ2) is 5.46. The molecule has 1 aromatic heterocycles. The highest BCUT2D eigenvalue weighted by Crippen LogP contribution is 2.26. The highest BCUT2D eigenvalue weighted by atomic mass is 79.9. The van der Waals surface area contributed by atoms with Crippen molar-refractivity contribution in [3.05, 3.63) is 63.5 Å². The molecule has 2 nitrogen and oxygen atoms in total. The number of anilines is 1. The van der Waals surface area contributed by atoms with Gasteiger partial charge in [0.05, 0.1) is 0 Å². The van der Waals surface area contributed by atoms with Gasteiger partial charge in [0.1, 0.15) is 5.82 Å². The topological polar surface area (TPSA) is 27.8 Å². The predicted molar refractivity (Wildman–Crippen MR) is 84.7 cm³/mol. The zero-order valence-electron chi connectivity index (χ0n) is 10.4. The van der Waals surface area contributed by atoms with Crippen LogP contribution >= 0.6 is 27.5 Å². The monoisotopic (exact) mass is 352 g/mol. The van der Waals surface area contributed by atoms with Gasteiger partial charge in [0.25, 0.3) is 0 Å². The van der Waals surface area contributed by atoms with E-state index in [2.05, 4.69) is 26.2 Å². The molecular formula is C15H11BrClFN2. The van der Waals surface area contributed by atoms with E-state index in [-0.39, 0.29) is 5.82 Å². The van der Waals surface area contributed by atoms with Crippen LogP contribution in [0.3, 0.4) is 0 Å². The lowest BCUT2D eigenvalue weighted by molar-refractivity contribution is 0.627. The van der Waals surface area contributed by atoms with Crippen LogP contribution < -0.4 is 5.32 Å². The molecule has 0 atom stereocenters. The molecule has 0 saturated carbocycles. The number of hydrogen-bond donors (Lipinski definition) is 2. The van der Waals surface area contributed by atoms with E-state index in [4.69, 9.17) is 11.6 Å². The summed E-state index contributed by atoms with van der Waals surface area (Å²) < 4.78 is 13.7. The molecule has 0 aliphatic heterocycles. The lowest BCUT2D eigenvalue weighted by Crippen LogP contribution is -1.99. The molecule has 0 bridgehead atoms. The Morgan fingerprint density at radius 1 is 1.20 bits per heavy atom. The van der Waals surface area contributed by atoms with Gasteiger partial charge in [0.2, 0.25) is 0 Å². The fourth-order valence-corrected chi connectivity index (χ4v) is 2.79. The van der Waals surface area contributed by atoms with E-state index in [9.17, 15) is 4.39 Å². The number of hydrogen-bond acceptors (Lipinski definition) is 1. The number of benzene rings is 2. The maximum atomic E-state index is 13.0. The van der Waals surface area contributed by atoms with E-state index in [0.29, 0.717) is 16.0 Å². The summed E-state index contributed by atoms with van der Waals surface area (Å²) in [5, 5.41) is 5.12. The van der Waals surface area contributed by atoms with Crippen molar-refractivity contribution in [3.63, 3.8) is 0 Å². The molecule has 0 amide bonds. The SMILES string of the molecule is Fc1ccc(NCc2c[nH]c3cc(Cl)ccc23)c(Br)c1. The molecule has 5 heteroatoms. The van der Waals surface area contributed by atoms with Crippen LogP contribution in [-0.4, -0.2) is 4.98 Å². The number of aromatic nitrogens is 1. The van der Waals surface area contributed by atoms with E-state index >= 15 is 0 Å². The Bertz CT molecular complexity index is 770. The Balaban J connectivity index is 1.83. The summed E-state index contributed by atoms with van der Waals surface area (Å²) >= 11 is 9.30. The Kier molecular flexibility index (Phi) is 3.68. The molecule has 0 aliphatic carbocycles. The Labute approximate surface area is 129 Å². The molecule has 0 unspecified atom stereocenters. The van der Waals surface area contributed by atoms with Crippen molar-refractivity contribution in [1.29, 1.82) is 0 Å². The number of H-pyrrole nitrogens is 1. The summed E-state index contributed by atoms with van der Waals surface area (Å²) in [6, 6.07) is 10.3. The van der Waals surface area contributed by atoms with E-state index in [1.165, 1.54) is 12.1 Å². The minimum atomic E-state index is -0.260. The van der Waals surface area contributed by atoms with E-state index in [1.807, 2.05) is 24.4 Å². The number of nitrogens with one attached hydrogen (secondary N) is 2. The zero-order valence-corrected chi connectivity index (χ0v) is 12.7. The van der Waals surface area contributed by atoms with Crippen molar-refractivity contribution in [2.24, 2.45) is 0 Å². The second-order valence-electron chi connectivity index (χ2n) is 4.48. The average Bonchev–Trinajstić information content (AvgIpc) is 2.80. The molecule has 0 radical (unpaired) electrons. The normalized spacial score (nSPS) is 10.9. The third-order valence-corrected chi connectivity index (χ3v) is 4.02. The third-order valence-electron chi connectivity index (χ3n) is 3.13. The molecule has 102 valence electrons. The first-order valence-electron chi connectivity index (χ1n) is 6.08. The number of halogens is 3. The van der Waals surface area contributed by atoms with Crippen LogP contribution in [0.15, 0.2) is 47.1 Å². The van der Waals surface area contributed by atoms with Gasteiger partial charge in [-0.1, -0.05) is 17.7 Å². The molecule has 0 spiro atoms. The van der Waals surface area contributed by atoms with Gasteiger partial charge >= 0.3 is 0 Å². The minimum absolute atomic E-state index is 0.260. The maximum Gasteiger partial charge on any atom is 0.124 e. The van der Waals surface area contributed by atoms with Crippen molar-refractivity contribution >= 4 is 44.1 Å². The Hall–Kier alpha value is -1.52. The van der Waals surface area contributed by atoms with Crippen molar-refractivity contribution in [2.75, 3.05) is 5.32 Å². The van der Waals surface area contributed by atoms with Crippen LogP contribution in [0.25, 0.3) is 10.9 Å². The quantitative estimate of drug-likeness (QED) is 0.654. The number of fused-ring (bicyclic) bond motifs is 1. The fourth-order valence-electron chi connectivity index (χ4n) is 2.13. The number of rotatable bonds is 3. The standard InChI is InChI=1S/C15H11BrClFN2/c16-13-6-11(18)2-4-14(13)19-7-9-8-20-15-5-10(17)1-3-12(9)15/h1-6,8,19-20H,7H2. The molecular weight excluding hydrogens is 343 g/mol. The second-order valence-corrected chi connectivity index (χ2v) is 5.77. The molecule has 0 fully saturated rings. The van der Waals surface area contributed by atoms with Crippen LogP contribution in [0.5, 0.6) is 0 Å². The van der Waals surface area contributed by atoms with E-state index in [0.717, 1.165) is 22.2 Å². The smallest absolute Gasteiger partial charge is 0.124 e. The lowest BCUT2D eigenvalue weighted by Gasteiger charge is -2.08. The third kappa shape index (κ3) is 2.67. The summed E-state index contributed by atoms with van der Waals surface area (Å²) in [4.78, 5) is 3.19. The summed E-state index contributed by atoms with van der Waals surface area (Å²) in [5.74, 6) is -0.260. The minimum Gasteiger partial charge on any atom is -0.380 e. The number of aromatic amines is 1. The van der Waals surface area contributed by atoms with Crippen molar-refractivity contribution in [3.8, 4) is 0 Å². The fraction of sp³-hybridized carbons (Fsp3) is 0.0667. The molecule has 3 aromatic rings. The molecule has 0 saturated heterocycles. The molecule has 2 aromatic carbocycles. The van der Waals surface area contributed by atoms with Gasteiger partial charge in [0, 0.05) is 38.8 Å². The lowest BCUT2D eigenvalue weighted by atomic mass is 10.1. The van der Waals surface area contributed by atoms with Crippen LogP contribution in [0.1, 0.15) is 5.56 Å². The van der Waals surface area contributed by atoms with Crippen LogP contribution in [0.4, 0.5) is 10.1 Å². The first kappa shape index (κ1) is 13.5. The van der Waals surface area contributed by atoms with Crippen molar-refractivity contribution in [2.45, 2.75) is 6.54 Å².